The van der Waals surface area contributed by atoms with E-state index < -0.39 is 15.9 Å². The number of carbonyl (C=O) groups excluding carboxylic acids is 1. The fraction of sp³-hybridized carbons (Fsp3) is 0.174. The van der Waals surface area contributed by atoms with Crippen LogP contribution in [0.1, 0.15) is 36.7 Å². The first-order valence-electron chi connectivity index (χ1n) is 9.39. The molecule has 0 aromatic heterocycles. The van der Waals surface area contributed by atoms with Crippen LogP contribution < -0.4 is 10.0 Å². The number of phenolic OH excluding ortho intramolecular Hbond substituents is 1. The van der Waals surface area contributed by atoms with Crippen LogP contribution in [-0.2, 0) is 15.4 Å². The van der Waals surface area contributed by atoms with Crippen molar-refractivity contribution in [2.24, 2.45) is 0 Å². The van der Waals surface area contributed by atoms with Crippen molar-refractivity contribution in [1.29, 1.82) is 0 Å². The Morgan fingerprint density at radius 1 is 0.900 bits per heavy atom. The highest BCUT2D eigenvalue weighted by Crippen LogP contribution is 2.31. The van der Waals surface area contributed by atoms with Crippen molar-refractivity contribution in [2.45, 2.75) is 31.1 Å². The number of hydrogen-bond donors (Lipinski definition) is 3. The number of nitrogens with one attached hydrogen (secondary N) is 2. The minimum absolute atomic E-state index is 0.0245. The Morgan fingerprint density at radius 2 is 1.53 bits per heavy atom. The SMILES string of the molecule is CC(C)(C)c1ccc(O)c(NC(=O)c2ccc(NS(=O)(=O)c3ccccc3)cc2)c1. The monoisotopic (exact) mass is 424 g/mol. The highest BCUT2D eigenvalue weighted by molar-refractivity contribution is 7.92. The predicted molar refractivity (Wildman–Crippen MR) is 118 cm³/mol. The van der Waals surface area contributed by atoms with Crippen LogP contribution in [0.5, 0.6) is 5.75 Å². The lowest BCUT2D eigenvalue weighted by molar-refractivity contribution is 0.102. The van der Waals surface area contributed by atoms with Gasteiger partial charge in [0.05, 0.1) is 10.6 Å². The maximum atomic E-state index is 12.6. The molecule has 0 unspecified atom stereocenters. The quantitative estimate of drug-likeness (QED) is 0.516. The minimum atomic E-state index is -3.70. The zero-order chi connectivity index (χ0) is 21.9. The van der Waals surface area contributed by atoms with Gasteiger partial charge in [0.15, 0.2) is 0 Å². The topological polar surface area (TPSA) is 95.5 Å². The van der Waals surface area contributed by atoms with Crippen molar-refractivity contribution >= 4 is 27.3 Å². The Kier molecular flexibility index (Phi) is 5.85. The van der Waals surface area contributed by atoms with Crippen LogP contribution in [0, 0.1) is 0 Å². The Morgan fingerprint density at radius 3 is 2.13 bits per heavy atom. The summed E-state index contributed by atoms with van der Waals surface area (Å²) in [5.41, 5.74) is 1.83. The molecular weight excluding hydrogens is 400 g/mol. The summed E-state index contributed by atoms with van der Waals surface area (Å²) in [5.74, 6) is -0.433. The maximum Gasteiger partial charge on any atom is 0.261 e. The molecule has 0 saturated carbocycles. The lowest BCUT2D eigenvalue weighted by Crippen LogP contribution is -2.15. The third-order valence-electron chi connectivity index (χ3n) is 4.56. The average Bonchev–Trinajstić information content (AvgIpc) is 2.69. The summed E-state index contributed by atoms with van der Waals surface area (Å²) in [6, 6.07) is 19.2. The van der Waals surface area contributed by atoms with Gasteiger partial charge < -0.3 is 10.4 Å². The number of aromatic hydroxyl groups is 1. The molecule has 3 aromatic carbocycles. The molecule has 0 aliphatic carbocycles. The summed E-state index contributed by atoms with van der Waals surface area (Å²) in [7, 11) is -3.70. The van der Waals surface area contributed by atoms with E-state index in [0.717, 1.165) is 5.56 Å². The molecule has 30 heavy (non-hydrogen) atoms. The van der Waals surface area contributed by atoms with Crippen LogP contribution >= 0.6 is 0 Å². The first-order valence-corrected chi connectivity index (χ1v) is 10.9. The third-order valence-corrected chi connectivity index (χ3v) is 5.96. The standard InChI is InChI=1S/C23H24N2O4S/c1-23(2,3)17-11-14-21(26)20(15-17)24-22(27)16-9-12-18(13-10-16)25-30(28,29)19-7-5-4-6-8-19/h4-15,25-26H,1-3H3,(H,24,27). The van der Waals surface area contributed by atoms with Gasteiger partial charge in [-0.1, -0.05) is 45.0 Å². The van der Waals surface area contributed by atoms with Crippen LogP contribution in [0.2, 0.25) is 0 Å². The Labute approximate surface area is 176 Å². The smallest absolute Gasteiger partial charge is 0.261 e. The largest absolute Gasteiger partial charge is 0.506 e. The lowest BCUT2D eigenvalue weighted by atomic mass is 9.87. The molecule has 0 bridgehead atoms. The van der Waals surface area contributed by atoms with Gasteiger partial charge >= 0.3 is 0 Å². The van der Waals surface area contributed by atoms with E-state index in [4.69, 9.17) is 0 Å². The summed E-state index contributed by atoms with van der Waals surface area (Å²) in [6.45, 7) is 6.13. The fourth-order valence-corrected chi connectivity index (χ4v) is 3.88. The summed E-state index contributed by atoms with van der Waals surface area (Å²) < 4.78 is 27.3. The number of hydrogen-bond acceptors (Lipinski definition) is 4. The van der Waals surface area contributed by atoms with E-state index in [1.165, 1.54) is 36.4 Å². The number of benzene rings is 3. The molecule has 1 amide bonds. The molecule has 7 heteroatoms. The van der Waals surface area contributed by atoms with Gasteiger partial charge in [0.1, 0.15) is 5.75 Å². The van der Waals surface area contributed by atoms with E-state index >= 15 is 0 Å². The number of anilines is 2. The van der Waals surface area contributed by atoms with Crippen LogP contribution in [0.4, 0.5) is 11.4 Å². The fourth-order valence-electron chi connectivity index (χ4n) is 2.80. The van der Waals surface area contributed by atoms with Gasteiger partial charge in [0.25, 0.3) is 15.9 Å². The predicted octanol–water partition coefficient (Wildman–Crippen LogP) is 4.74. The lowest BCUT2D eigenvalue weighted by Gasteiger charge is -2.20. The highest BCUT2D eigenvalue weighted by Gasteiger charge is 2.17. The molecule has 0 spiro atoms. The van der Waals surface area contributed by atoms with E-state index in [1.807, 2.05) is 26.8 Å². The van der Waals surface area contributed by atoms with E-state index in [0.29, 0.717) is 16.9 Å². The maximum absolute atomic E-state index is 12.6. The van der Waals surface area contributed by atoms with Crippen molar-refractivity contribution < 1.29 is 18.3 Å². The number of sulfonamides is 1. The van der Waals surface area contributed by atoms with E-state index in [2.05, 4.69) is 10.0 Å². The summed E-state index contributed by atoms with van der Waals surface area (Å²) in [5, 5.41) is 12.8. The van der Waals surface area contributed by atoms with Gasteiger partial charge in [-0.15, -0.1) is 0 Å². The molecule has 0 aliphatic heterocycles. The first kappa shape index (κ1) is 21.4. The Balaban J connectivity index is 1.75. The molecule has 0 atom stereocenters. The van der Waals surface area contributed by atoms with Crippen molar-refractivity contribution in [3.8, 4) is 5.75 Å². The summed E-state index contributed by atoms with van der Waals surface area (Å²) >= 11 is 0. The van der Waals surface area contributed by atoms with Crippen molar-refractivity contribution in [1.82, 2.24) is 0 Å². The minimum Gasteiger partial charge on any atom is -0.506 e. The number of phenols is 1. The second kappa shape index (κ2) is 8.20. The second-order valence-electron chi connectivity index (χ2n) is 7.93. The zero-order valence-electron chi connectivity index (χ0n) is 17.0. The van der Waals surface area contributed by atoms with Gasteiger partial charge in [-0.25, -0.2) is 8.42 Å². The Hall–Kier alpha value is -3.32. The molecule has 3 aromatic rings. The van der Waals surface area contributed by atoms with E-state index in [1.54, 1.807) is 30.3 Å². The molecule has 0 fully saturated rings. The number of rotatable bonds is 5. The number of amides is 1. The van der Waals surface area contributed by atoms with Crippen LogP contribution in [0.15, 0.2) is 77.7 Å². The van der Waals surface area contributed by atoms with Crippen LogP contribution in [0.3, 0.4) is 0 Å². The summed E-state index contributed by atoms with van der Waals surface area (Å²) in [4.78, 5) is 12.7. The molecular formula is C23H24N2O4S. The molecule has 0 aliphatic rings. The van der Waals surface area contributed by atoms with Crippen molar-refractivity contribution in [2.75, 3.05) is 10.0 Å². The zero-order valence-corrected chi connectivity index (χ0v) is 17.8. The highest BCUT2D eigenvalue weighted by atomic mass is 32.2. The first-order chi connectivity index (χ1) is 14.1. The second-order valence-corrected chi connectivity index (χ2v) is 9.61. The molecule has 0 radical (unpaired) electrons. The molecule has 156 valence electrons. The molecule has 3 N–H and O–H groups in total. The van der Waals surface area contributed by atoms with E-state index in [-0.39, 0.29) is 16.1 Å². The van der Waals surface area contributed by atoms with Gasteiger partial charge in [-0.3, -0.25) is 9.52 Å². The normalized spacial score (nSPS) is 11.7. The third kappa shape index (κ3) is 4.99. The molecule has 3 rings (SSSR count). The van der Waals surface area contributed by atoms with Crippen molar-refractivity contribution in [3.05, 3.63) is 83.9 Å². The van der Waals surface area contributed by atoms with Crippen LogP contribution in [-0.4, -0.2) is 19.4 Å². The average molecular weight is 425 g/mol. The number of carbonyl (C=O) groups is 1. The van der Waals surface area contributed by atoms with E-state index in [9.17, 15) is 18.3 Å². The van der Waals surface area contributed by atoms with Crippen molar-refractivity contribution in [3.63, 3.8) is 0 Å². The molecule has 6 nitrogen and oxygen atoms in total. The summed E-state index contributed by atoms with van der Waals surface area (Å²) in [6.07, 6.45) is 0. The molecule has 0 heterocycles. The van der Waals surface area contributed by atoms with Gasteiger partial charge in [-0.2, -0.15) is 0 Å². The van der Waals surface area contributed by atoms with Gasteiger partial charge in [0, 0.05) is 11.3 Å². The van der Waals surface area contributed by atoms with Crippen LogP contribution in [0.25, 0.3) is 0 Å². The Bertz CT molecular complexity index is 1150. The van der Waals surface area contributed by atoms with Gasteiger partial charge in [-0.05, 0) is 59.5 Å². The van der Waals surface area contributed by atoms with Gasteiger partial charge in [0.2, 0.25) is 0 Å². The molecule has 0 saturated heterocycles.